The third-order valence-electron chi connectivity index (χ3n) is 5.08. The van der Waals surface area contributed by atoms with E-state index in [2.05, 4.69) is 84.9 Å². The highest BCUT2D eigenvalue weighted by atomic mass is 32.1. The van der Waals surface area contributed by atoms with E-state index in [1.165, 1.54) is 42.1 Å². The lowest BCUT2D eigenvalue weighted by molar-refractivity contribution is 0.669. The van der Waals surface area contributed by atoms with Crippen molar-refractivity contribution in [3.05, 3.63) is 84.9 Å². The number of benzene rings is 4. The molecule has 0 amide bonds. The molecular formula is C24H14OS. The molecule has 6 rings (SSSR count). The number of rotatable bonds is 1. The number of hydrogen-bond donors (Lipinski definition) is 0. The summed E-state index contributed by atoms with van der Waals surface area (Å²) in [6, 6.07) is 29.9. The van der Waals surface area contributed by atoms with Crippen molar-refractivity contribution in [1.82, 2.24) is 0 Å². The summed E-state index contributed by atoms with van der Waals surface area (Å²) in [7, 11) is 0. The molecule has 0 saturated heterocycles. The van der Waals surface area contributed by atoms with Gasteiger partial charge in [-0.1, -0.05) is 54.6 Å². The zero-order valence-electron chi connectivity index (χ0n) is 13.9. The largest absolute Gasteiger partial charge is 0.456 e. The monoisotopic (exact) mass is 350 g/mol. The minimum atomic E-state index is 0.947. The lowest BCUT2D eigenvalue weighted by Crippen LogP contribution is -1.77. The lowest BCUT2D eigenvalue weighted by atomic mass is 10.0. The van der Waals surface area contributed by atoms with Crippen LogP contribution in [0.25, 0.3) is 53.2 Å². The lowest BCUT2D eigenvalue weighted by Gasteiger charge is -2.01. The fourth-order valence-corrected chi connectivity index (χ4v) is 5.01. The van der Waals surface area contributed by atoms with Crippen LogP contribution in [0.15, 0.2) is 89.3 Å². The Balaban J connectivity index is 1.79. The first kappa shape index (κ1) is 14.1. The maximum absolute atomic E-state index is 6.17. The van der Waals surface area contributed by atoms with Crippen molar-refractivity contribution >= 4 is 53.4 Å². The van der Waals surface area contributed by atoms with E-state index >= 15 is 0 Å². The van der Waals surface area contributed by atoms with Gasteiger partial charge in [0.05, 0.1) is 0 Å². The number of hydrogen-bond acceptors (Lipinski definition) is 2. The summed E-state index contributed by atoms with van der Waals surface area (Å²) in [6.07, 6.45) is 0. The van der Waals surface area contributed by atoms with Crippen molar-refractivity contribution in [2.45, 2.75) is 0 Å². The maximum atomic E-state index is 6.17. The summed E-state index contributed by atoms with van der Waals surface area (Å²) in [5.41, 5.74) is 4.35. The molecule has 0 aliphatic rings. The van der Waals surface area contributed by atoms with Crippen LogP contribution in [0.4, 0.5) is 0 Å². The highest BCUT2D eigenvalue weighted by Gasteiger charge is 2.15. The zero-order valence-corrected chi connectivity index (χ0v) is 14.7. The van der Waals surface area contributed by atoms with Gasteiger partial charge in [0.25, 0.3) is 0 Å². The average molecular weight is 350 g/mol. The number of furan rings is 1. The summed E-state index contributed by atoms with van der Waals surface area (Å²) in [4.78, 5) is 0. The van der Waals surface area contributed by atoms with E-state index in [1.54, 1.807) is 0 Å². The van der Waals surface area contributed by atoms with E-state index in [9.17, 15) is 0 Å². The van der Waals surface area contributed by atoms with Gasteiger partial charge in [0.15, 0.2) is 0 Å². The van der Waals surface area contributed by atoms with Crippen LogP contribution in [0, 0.1) is 0 Å². The molecule has 0 N–H and O–H groups in total. The van der Waals surface area contributed by atoms with E-state index in [4.69, 9.17) is 4.42 Å². The van der Waals surface area contributed by atoms with Crippen molar-refractivity contribution in [2.24, 2.45) is 0 Å². The Bertz CT molecular complexity index is 1420. The first-order chi connectivity index (χ1) is 12.9. The molecule has 0 aliphatic heterocycles. The van der Waals surface area contributed by atoms with Gasteiger partial charge in [-0.15, -0.1) is 11.3 Å². The molecular weight excluding hydrogens is 336 g/mol. The Labute approximate surface area is 154 Å². The molecule has 0 fully saturated rings. The van der Waals surface area contributed by atoms with Crippen LogP contribution in [0.3, 0.4) is 0 Å². The molecule has 0 spiro atoms. The van der Waals surface area contributed by atoms with Gasteiger partial charge in [-0.2, -0.15) is 0 Å². The summed E-state index contributed by atoms with van der Waals surface area (Å²) in [5, 5.41) is 5.04. The molecule has 4 aromatic carbocycles. The predicted molar refractivity (Wildman–Crippen MR) is 112 cm³/mol. The topological polar surface area (TPSA) is 13.1 Å². The highest BCUT2D eigenvalue weighted by Crippen LogP contribution is 2.42. The Morgan fingerprint density at radius 3 is 2.27 bits per heavy atom. The Morgan fingerprint density at radius 1 is 0.538 bits per heavy atom. The summed E-state index contributed by atoms with van der Waals surface area (Å²) in [6.45, 7) is 0. The van der Waals surface area contributed by atoms with Gasteiger partial charge in [0.1, 0.15) is 11.2 Å². The molecule has 1 nitrogen and oxygen atoms in total. The Kier molecular flexibility index (Phi) is 2.82. The summed E-state index contributed by atoms with van der Waals surface area (Å²) in [5.74, 6) is 0. The van der Waals surface area contributed by atoms with Crippen molar-refractivity contribution in [2.75, 3.05) is 0 Å². The van der Waals surface area contributed by atoms with E-state index in [0.717, 1.165) is 11.2 Å². The van der Waals surface area contributed by atoms with E-state index in [0.29, 0.717) is 0 Å². The van der Waals surface area contributed by atoms with Gasteiger partial charge in [0.2, 0.25) is 0 Å². The van der Waals surface area contributed by atoms with Crippen LogP contribution in [-0.2, 0) is 0 Å². The van der Waals surface area contributed by atoms with Crippen molar-refractivity contribution < 1.29 is 4.42 Å². The molecule has 0 radical (unpaired) electrons. The van der Waals surface area contributed by atoms with Gasteiger partial charge >= 0.3 is 0 Å². The van der Waals surface area contributed by atoms with Crippen LogP contribution < -0.4 is 0 Å². The second kappa shape index (κ2) is 5.20. The highest BCUT2D eigenvalue weighted by molar-refractivity contribution is 7.26. The maximum Gasteiger partial charge on any atom is 0.136 e. The third-order valence-corrected chi connectivity index (χ3v) is 6.22. The molecule has 0 unspecified atom stereocenters. The first-order valence-electron chi connectivity index (χ1n) is 8.70. The summed E-state index contributed by atoms with van der Waals surface area (Å²) < 4.78 is 8.81. The van der Waals surface area contributed by atoms with E-state index in [1.807, 2.05) is 11.3 Å². The molecule has 0 bridgehead atoms. The van der Waals surface area contributed by atoms with Crippen LogP contribution in [0.5, 0.6) is 0 Å². The molecule has 0 aliphatic carbocycles. The quantitative estimate of drug-likeness (QED) is 0.297. The summed E-state index contributed by atoms with van der Waals surface area (Å²) >= 11 is 1.85. The van der Waals surface area contributed by atoms with Crippen molar-refractivity contribution in [3.63, 3.8) is 0 Å². The number of thiophene rings is 1. The average Bonchev–Trinajstić information content (AvgIpc) is 3.25. The molecule has 122 valence electrons. The van der Waals surface area contributed by atoms with Gasteiger partial charge < -0.3 is 4.42 Å². The second-order valence-electron chi connectivity index (χ2n) is 6.59. The smallest absolute Gasteiger partial charge is 0.136 e. The molecule has 2 aromatic heterocycles. The normalized spacial score (nSPS) is 11.8. The molecule has 2 heterocycles. The minimum absolute atomic E-state index is 0.947. The van der Waals surface area contributed by atoms with Crippen LogP contribution in [-0.4, -0.2) is 0 Å². The number of fused-ring (bicyclic) bond motifs is 7. The molecule has 0 saturated carbocycles. The van der Waals surface area contributed by atoms with Crippen molar-refractivity contribution in [3.8, 4) is 11.1 Å². The predicted octanol–water partition coefficient (Wildman–Crippen LogP) is 7.62. The van der Waals surface area contributed by atoms with Gasteiger partial charge in [-0.25, -0.2) is 0 Å². The molecule has 6 aromatic rings. The molecule has 0 atom stereocenters. The van der Waals surface area contributed by atoms with Gasteiger partial charge in [-0.05, 0) is 41.5 Å². The fourth-order valence-electron chi connectivity index (χ4n) is 3.89. The minimum Gasteiger partial charge on any atom is -0.456 e. The Morgan fingerprint density at radius 2 is 1.35 bits per heavy atom. The van der Waals surface area contributed by atoms with E-state index in [-0.39, 0.29) is 0 Å². The van der Waals surface area contributed by atoms with Crippen LogP contribution >= 0.6 is 11.3 Å². The van der Waals surface area contributed by atoms with Gasteiger partial charge in [-0.3, -0.25) is 0 Å². The van der Waals surface area contributed by atoms with Crippen LogP contribution in [0.2, 0.25) is 0 Å². The Hall–Kier alpha value is -3.10. The SMILES string of the molecule is c1ccc(-c2ccc3oc4ccc5sc6ccccc6c5c4c3c2)cc1. The first-order valence-corrected chi connectivity index (χ1v) is 9.52. The molecule has 2 heteroatoms. The fraction of sp³-hybridized carbons (Fsp3) is 0. The molecule has 26 heavy (non-hydrogen) atoms. The van der Waals surface area contributed by atoms with Crippen LogP contribution in [0.1, 0.15) is 0 Å². The van der Waals surface area contributed by atoms with Crippen molar-refractivity contribution in [1.29, 1.82) is 0 Å². The van der Waals surface area contributed by atoms with Gasteiger partial charge in [0, 0.05) is 30.9 Å². The van der Waals surface area contributed by atoms with E-state index < -0.39 is 0 Å². The second-order valence-corrected chi connectivity index (χ2v) is 7.67. The standard InChI is InChI=1S/C24H14OS/c1-2-6-15(7-3-1)16-10-11-19-18(14-16)23-20(25-19)12-13-22-24(23)17-8-4-5-9-21(17)26-22/h1-14H. The third kappa shape index (κ3) is 1.91. The zero-order chi connectivity index (χ0) is 17.1.